The van der Waals surface area contributed by atoms with Gasteiger partial charge in [-0.3, -0.25) is 4.99 Å². The topological polar surface area (TPSA) is 84.6 Å². The highest BCUT2D eigenvalue weighted by molar-refractivity contribution is 7.09. The lowest BCUT2D eigenvalue weighted by Gasteiger charge is -2.14. The third-order valence-corrected chi connectivity index (χ3v) is 4.54. The second-order valence-electron chi connectivity index (χ2n) is 5.84. The molecule has 2 aromatic heterocycles. The number of nitrogens with one attached hydrogen (secondary N) is 2. The molecule has 2 atom stereocenters. The number of hydrogen-bond donors (Lipinski definition) is 2. The summed E-state index contributed by atoms with van der Waals surface area (Å²) in [5, 5.41) is 12.6. The maximum absolute atomic E-state index is 5.46. The predicted molar refractivity (Wildman–Crippen MR) is 99.7 cm³/mol. The molecule has 2 aromatic rings. The molecule has 0 aliphatic heterocycles. The number of aromatic nitrogens is 2. The van der Waals surface area contributed by atoms with Gasteiger partial charge in [0, 0.05) is 25.1 Å². The van der Waals surface area contributed by atoms with E-state index in [4.69, 9.17) is 9.26 Å². The number of guanidine groups is 1. The van der Waals surface area contributed by atoms with Crippen LogP contribution in [0.25, 0.3) is 0 Å². The van der Waals surface area contributed by atoms with Gasteiger partial charge in [0.05, 0.1) is 6.54 Å². The molecule has 0 aliphatic rings. The average molecular weight is 366 g/mol. The maximum Gasteiger partial charge on any atom is 0.246 e. The Morgan fingerprint density at radius 1 is 1.40 bits per heavy atom. The summed E-state index contributed by atoms with van der Waals surface area (Å²) in [6.07, 6.45) is 0.891. The average Bonchev–Trinajstić information content (AvgIpc) is 3.27. The first-order valence-electron chi connectivity index (χ1n) is 8.53. The van der Waals surface area contributed by atoms with Gasteiger partial charge in [-0.05, 0) is 37.6 Å². The molecule has 0 bridgehead atoms. The van der Waals surface area contributed by atoms with Crippen molar-refractivity contribution in [1.29, 1.82) is 0 Å². The van der Waals surface area contributed by atoms with Gasteiger partial charge in [0.2, 0.25) is 5.89 Å². The van der Waals surface area contributed by atoms with Crippen LogP contribution in [0.1, 0.15) is 43.5 Å². The predicted octanol–water partition coefficient (Wildman–Crippen LogP) is 2.77. The Morgan fingerprint density at radius 2 is 2.24 bits per heavy atom. The first kappa shape index (κ1) is 19.4. The number of ether oxygens (including phenoxy) is 1. The van der Waals surface area contributed by atoms with Gasteiger partial charge < -0.3 is 19.9 Å². The fourth-order valence-electron chi connectivity index (χ4n) is 2.32. The molecule has 0 spiro atoms. The van der Waals surface area contributed by atoms with E-state index in [2.05, 4.69) is 50.2 Å². The van der Waals surface area contributed by atoms with E-state index in [-0.39, 0.29) is 6.10 Å². The molecular formula is C17H27N5O2S. The van der Waals surface area contributed by atoms with E-state index in [0.29, 0.717) is 30.8 Å². The fraction of sp³-hybridized carbons (Fsp3) is 0.588. The van der Waals surface area contributed by atoms with Crippen molar-refractivity contribution in [2.45, 2.75) is 39.8 Å². The van der Waals surface area contributed by atoms with Gasteiger partial charge in [0.25, 0.3) is 0 Å². The Balaban J connectivity index is 1.74. The van der Waals surface area contributed by atoms with Gasteiger partial charge in [-0.25, -0.2) is 0 Å². The molecule has 0 aliphatic carbocycles. The van der Waals surface area contributed by atoms with Crippen LogP contribution in [0.5, 0.6) is 0 Å². The molecule has 2 unspecified atom stereocenters. The molecule has 0 saturated carbocycles. The molecule has 2 heterocycles. The number of thiophene rings is 1. The maximum atomic E-state index is 5.46. The second-order valence-corrected chi connectivity index (χ2v) is 6.87. The van der Waals surface area contributed by atoms with E-state index in [1.807, 2.05) is 13.8 Å². The molecule has 7 nitrogen and oxygen atoms in total. The van der Waals surface area contributed by atoms with Gasteiger partial charge in [-0.15, -0.1) is 11.3 Å². The Morgan fingerprint density at radius 3 is 2.92 bits per heavy atom. The molecule has 138 valence electrons. The highest BCUT2D eigenvalue weighted by Crippen LogP contribution is 2.14. The van der Waals surface area contributed by atoms with Crippen molar-refractivity contribution in [3.05, 3.63) is 34.1 Å². The first-order chi connectivity index (χ1) is 12.1. The normalized spacial score (nSPS) is 14.3. The molecule has 0 radical (unpaired) electrons. The summed E-state index contributed by atoms with van der Waals surface area (Å²) in [4.78, 5) is 9.96. The van der Waals surface area contributed by atoms with Crippen molar-refractivity contribution in [2.75, 3.05) is 20.2 Å². The fourth-order valence-corrected chi connectivity index (χ4v) is 3.19. The van der Waals surface area contributed by atoms with E-state index in [0.717, 1.165) is 18.9 Å². The van der Waals surface area contributed by atoms with E-state index < -0.39 is 0 Å². The van der Waals surface area contributed by atoms with E-state index in [1.54, 1.807) is 18.4 Å². The van der Waals surface area contributed by atoms with Crippen molar-refractivity contribution in [1.82, 2.24) is 20.8 Å². The van der Waals surface area contributed by atoms with Crippen LogP contribution in [0.2, 0.25) is 0 Å². The second kappa shape index (κ2) is 10.1. The molecule has 2 N–H and O–H groups in total. The van der Waals surface area contributed by atoms with Crippen LogP contribution in [0.15, 0.2) is 27.0 Å². The zero-order valence-electron chi connectivity index (χ0n) is 15.3. The summed E-state index contributed by atoms with van der Waals surface area (Å²) in [7, 11) is 1.75. The smallest absolute Gasteiger partial charge is 0.246 e. The zero-order valence-corrected chi connectivity index (χ0v) is 16.1. The number of aliphatic imine (C=N–C) groups is 1. The first-order valence-corrected chi connectivity index (χ1v) is 9.41. The molecule has 0 aromatic carbocycles. The van der Waals surface area contributed by atoms with E-state index >= 15 is 0 Å². The summed E-state index contributed by atoms with van der Waals surface area (Å²) in [5.41, 5.74) is 0. The van der Waals surface area contributed by atoms with E-state index in [9.17, 15) is 0 Å². The standard InChI is InChI=1S/C17H27N5O2S/c1-5-23-13(3)16-21-15(24-22-16)11-20-17(18-4)19-10-12(2)9-14-7-6-8-25-14/h6-8,12-13H,5,9-11H2,1-4H3,(H2,18,19,20). The zero-order chi connectivity index (χ0) is 18.1. The molecule has 25 heavy (non-hydrogen) atoms. The quantitative estimate of drug-likeness (QED) is 0.525. The Hall–Kier alpha value is -1.93. The Labute approximate surface area is 152 Å². The van der Waals surface area contributed by atoms with Gasteiger partial charge in [-0.2, -0.15) is 4.98 Å². The van der Waals surface area contributed by atoms with Crippen LogP contribution in [-0.2, 0) is 17.7 Å². The van der Waals surface area contributed by atoms with Crippen LogP contribution in [0.3, 0.4) is 0 Å². The van der Waals surface area contributed by atoms with Crippen LogP contribution in [-0.4, -0.2) is 36.3 Å². The number of rotatable bonds is 9. The molecule has 2 rings (SSSR count). The van der Waals surface area contributed by atoms with Crippen molar-refractivity contribution < 1.29 is 9.26 Å². The number of nitrogens with zero attached hydrogens (tertiary/aromatic N) is 3. The monoisotopic (exact) mass is 365 g/mol. The van der Waals surface area contributed by atoms with Crippen molar-refractivity contribution in [2.24, 2.45) is 10.9 Å². The van der Waals surface area contributed by atoms with Gasteiger partial charge in [-0.1, -0.05) is 18.1 Å². The lowest BCUT2D eigenvalue weighted by Crippen LogP contribution is -2.39. The van der Waals surface area contributed by atoms with Crippen LogP contribution >= 0.6 is 11.3 Å². The van der Waals surface area contributed by atoms with Gasteiger partial charge in [0.15, 0.2) is 11.8 Å². The van der Waals surface area contributed by atoms with Gasteiger partial charge in [0.1, 0.15) is 6.10 Å². The third kappa shape index (κ3) is 6.47. The molecule has 0 fully saturated rings. The SMILES string of the molecule is CCOC(C)c1noc(CNC(=NC)NCC(C)Cc2cccs2)n1. The van der Waals surface area contributed by atoms with E-state index in [1.165, 1.54) is 4.88 Å². The largest absolute Gasteiger partial charge is 0.371 e. The molecule has 8 heteroatoms. The van der Waals surface area contributed by atoms with Crippen LogP contribution in [0, 0.1) is 5.92 Å². The van der Waals surface area contributed by atoms with Crippen molar-refractivity contribution >= 4 is 17.3 Å². The minimum Gasteiger partial charge on any atom is -0.371 e. The lowest BCUT2D eigenvalue weighted by atomic mass is 10.1. The summed E-state index contributed by atoms with van der Waals surface area (Å²) in [5.74, 6) is 2.30. The van der Waals surface area contributed by atoms with Crippen molar-refractivity contribution in [3.8, 4) is 0 Å². The van der Waals surface area contributed by atoms with Crippen molar-refractivity contribution in [3.63, 3.8) is 0 Å². The highest BCUT2D eigenvalue weighted by Gasteiger charge is 2.14. The minimum absolute atomic E-state index is 0.168. The summed E-state index contributed by atoms with van der Waals surface area (Å²) in [6.45, 7) is 7.94. The molecular weight excluding hydrogens is 338 g/mol. The third-order valence-electron chi connectivity index (χ3n) is 3.64. The summed E-state index contributed by atoms with van der Waals surface area (Å²) in [6, 6.07) is 4.26. The highest BCUT2D eigenvalue weighted by atomic mass is 32.1. The summed E-state index contributed by atoms with van der Waals surface area (Å²) >= 11 is 1.80. The Bertz CT molecular complexity index is 641. The lowest BCUT2D eigenvalue weighted by molar-refractivity contribution is 0.0683. The van der Waals surface area contributed by atoms with Crippen LogP contribution in [0.4, 0.5) is 0 Å². The van der Waals surface area contributed by atoms with Crippen LogP contribution < -0.4 is 10.6 Å². The number of hydrogen-bond acceptors (Lipinski definition) is 6. The molecule has 0 saturated heterocycles. The van der Waals surface area contributed by atoms with Gasteiger partial charge >= 0.3 is 0 Å². The summed E-state index contributed by atoms with van der Waals surface area (Å²) < 4.78 is 10.7. The Kier molecular flexibility index (Phi) is 7.87. The molecule has 0 amide bonds. The minimum atomic E-state index is -0.168.